The monoisotopic (exact) mass is 195 g/mol. The summed E-state index contributed by atoms with van der Waals surface area (Å²) in [5.74, 6) is 0.817. The van der Waals surface area contributed by atoms with Crippen LogP contribution in [0.25, 0.3) is 0 Å². The minimum atomic E-state index is -0.0498. The first-order valence-corrected chi connectivity index (χ1v) is 5.24. The average molecular weight is 195 g/mol. The summed E-state index contributed by atoms with van der Waals surface area (Å²) in [4.78, 5) is 5.70. The largest absolute Gasteiger partial charge is 0.474 e. The van der Waals surface area contributed by atoms with Gasteiger partial charge in [-0.3, -0.25) is 0 Å². The molecule has 0 saturated carbocycles. The molecule has 0 spiro atoms. The van der Waals surface area contributed by atoms with Gasteiger partial charge in [0.25, 0.3) is 0 Å². The van der Waals surface area contributed by atoms with E-state index in [2.05, 4.69) is 37.2 Å². The van der Waals surface area contributed by atoms with Crippen molar-refractivity contribution < 1.29 is 4.74 Å². The highest BCUT2D eigenvalue weighted by molar-refractivity contribution is 7.12. The van der Waals surface area contributed by atoms with Crippen LogP contribution in [-0.4, -0.2) is 18.0 Å². The molecule has 0 bridgehead atoms. The number of nitrogens with zero attached hydrogens (tertiary/aromatic N) is 1. The molecule has 3 heteroatoms. The van der Waals surface area contributed by atoms with E-state index in [1.807, 2.05) is 0 Å². The van der Waals surface area contributed by atoms with E-state index in [4.69, 9.17) is 4.74 Å². The summed E-state index contributed by atoms with van der Waals surface area (Å²) in [6, 6.07) is 2.09. The topological polar surface area (TPSA) is 21.6 Å². The zero-order valence-electron chi connectivity index (χ0n) is 8.13. The SMILES string of the molecule is Cc1ccsc1C1=NC(C)(C)CO1. The number of hydrogen-bond acceptors (Lipinski definition) is 3. The molecule has 0 atom stereocenters. The maximum atomic E-state index is 5.55. The van der Waals surface area contributed by atoms with E-state index in [-0.39, 0.29) is 5.54 Å². The van der Waals surface area contributed by atoms with Crippen molar-refractivity contribution in [3.8, 4) is 0 Å². The summed E-state index contributed by atoms with van der Waals surface area (Å²) in [5.41, 5.74) is 1.20. The Hall–Kier alpha value is -0.830. The molecule has 13 heavy (non-hydrogen) atoms. The lowest BCUT2D eigenvalue weighted by Crippen LogP contribution is -2.17. The molecule has 2 nitrogen and oxygen atoms in total. The van der Waals surface area contributed by atoms with Crippen molar-refractivity contribution in [1.29, 1.82) is 0 Å². The summed E-state index contributed by atoms with van der Waals surface area (Å²) in [6.07, 6.45) is 0. The van der Waals surface area contributed by atoms with Crippen molar-refractivity contribution in [1.82, 2.24) is 0 Å². The van der Waals surface area contributed by atoms with Gasteiger partial charge in [0.05, 0.1) is 10.4 Å². The van der Waals surface area contributed by atoms with Crippen LogP contribution in [0.4, 0.5) is 0 Å². The molecule has 1 aromatic rings. The molecule has 2 rings (SSSR count). The second-order valence-corrected chi connectivity index (χ2v) is 4.87. The Balaban J connectivity index is 2.35. The van der Waals surface area contributed by atoms with Gasteiger partial charge < -0.3 is 4.74 Å². The molecule has 0 saturated heterocycles. The van der Waals surface area contributed by atoms with Gasteiger partial charge in [0, 0.05) is 0 Å². The van der Waals surface area contributed by atoms with Gasteiger partial charge in [0.1, 0.15) is 6.61 Å². The van der Waals surface area contributed by atoms with Crippen LogP contribution in [-0.2, 0) is 4.74 Å². The normalized spacial score (nSPS) is 19.8. The number of hydrogen-bond donors (Lipinski definition) is 0. The van der Waals surface area contributed by atoms with Crippen LogP contribution in [0.2, 0.25) is 0 Å². The van der Waals surface area contributed by atoms with E-state index in [1.54, 1.807) is 11.3 Å². The molecule has 0 amide bonds. The van der Waals surface area contributed by atoms with Crippen LogP contribution in [0.5, 0.6) is 0 Å². The molecule has 0 radical (unpaired) electrons. The molecular formula is C10H13NOS. The smallest absolute Gasteiger partial charge is 0.227 e. The maximum Gasteiger partial charge on any atom is 0.227 e. The Bertz CT molecular complexity index is 352. The molecular weight excluding hydrogens is 182 g/mol. The second kappa shape index (κ2) is 2.84. The van der Waals surface area contributed by atoms with Crippen LogP contribution in [0.1, 0.15) is 24.3 Å². The lowest BCUT2D eigenvalue weighted by molar-refractivity contribution is 0.280. The first-order valence-electron chi connectivity index (χ1n) is 4.36. The minimum Gasteiger partial charge on any atom is -0.474 e. The Labute approximate surface area is 82.3 Å². The van der Waals surface area contributed by atoms with Gasteiger partial charge in [-0.1, -0.05) is 0 Å². The first-order chi connectivity index (χ1) is 6.08. The number of thiophene rings is 1. The van der Waals surface area contributed by atoms with Gasteiger partial charge in [0.2, 0.25) is 5.90 Å². The fraction of sp³-hybridized carbons (Fsp3) is 0.500. The van der Waals surface area contributed by atoms with Crippen LogP contribution in [0.3, 0.4) is 0 Å². The summed E-state index contributed by atoms with van der Waals surface area (Å²) in [6.45, 7) is 6.95. The molecule has 0 aromatic carbocycles. The summed E-state index contributed by atoms with van der Waals surface area (Å²) in [5, 5.41) is 2.07. The summed E-state index contributed by atoms with van der Waals surface area (Å²) in [7, 11) is 0. The van der Waals surface area contributed by atoms with Crippen molar-refractivity contribution in [2.75, 3.05) is 6.61 Å². The van der Waals surface area contributed by atoms with Crippen molar-refractivity contribution in [3.63, 3.8) is 0 Å². The quantitative estimate of drug-likeness (QED) is 0.675. The van der Waals surface area contributed by atoms with Crippen molar-refractivity contribution >= 4 is 17.2 Å². The summed E-state index contributed by atoms with van der Waals surface area (Å²) >= 11 is 1.69. The van der Waals surface area contributed by atoms with Gasteiger partial charge in [-0.15, -0.1) is 11.3 Å². The number of ether oxygens (including phenoxy) is 1. The third-order valence-corrected chi connectivity index (χ3v) is 3.03. The maximum absolute atomic E-state index is 5.55. The van der Waals surface area contributed by atoms with Gasteiger partial charge >= 0.3 is 0 Å². The van der Waals surface area contributed by atoms with E-state index in [9.17, 15) is 0 Å². The van der Waals surface area contributed by atoms with Gasteiger partial charge in [-0.25, -0.2) is 4.99 Å². The number of aliphatic imine (C=N–C) groups is 1. The first kappa shape index (κ1) is 8.75. The third-order valence-electron chi connectivity index (χ3n) is 2.02. The van der Waals surface area contributed by atoms with Crippen molar-refractivity contribution in [2.45, 2.75) is 26.3 Å². The highest BCUT2D eigenvalue weighted by Crippen LogP contribution is 2.25. The molecule has 0 fully saturated rings. The predicted octanol–water partition coefficient (Wildman–Crippen LogP) is 2.61. The van der Waals surface area contributed by atoms with Gasteiger partial charge in [-0.2, -0.15) is 0 Å². The minimum absolute atomic E-state index is 0.0498. The van der Waals surface area contributed by atoms with E-state index in [0.717, 1.165) is 5.90 Å². The molecule has 2 heterocycles. The zero-order chi connectivity index (χ0) is 9.47. The fourth-order valence-electron chi connectivity index (χ4n) is 1.29. The summed E-state index contributed by atoms with van der Waals surface area (Å²) < 4.78 is 5.55. The molecule has 1 aromatic heterocycles. The Morgan fingerprint density at radius 1 is 1.54 bits per heavy atom. The lowest BCUT2D eigenvalue weighted by Gasteiger charge is -2.07. The fourth-order valence-corrected chi connectivity index (χ4v) is 2.16. The second-order valence-electron chi connectivity index (χ2n) is 3.95. The highest BCUT2D eigenvalue weighted by Gasteiger charge is 2.28. The highest BCUT2D eigenvalue weighted by atomic mass is 32.1. The van der Waals surface area contributed by atoms with Crippen molar-refractivity contribution in [3.05, 3.63) is 21.9 Å². The lowest BCUT2D eigenvalue weighted by atomic mass is 10.1. The van der Waals surface area contributed by atoms with E-state index >= 15 is 0 Å². The van der Waals surface area contributed by atoms with E-state index in [0.29, 0.717) is 6.61 Å². The Morgan fingerprint density at radius 3 is 2.77 bits per heavy atom. The standard InChI is InChI=1S/C10H13NOS/c1-7-4-5-13-8(7)9-11-10(2,3)6-12-9/h4-5H,6H2,1-3H3. The van der Waals surface area contributed by atoms with E-state index < -0.39 is 0 Å². The Morgan fingerprint density at radius 2 is 2.31 bits per heavy atom. The molecule has 0 aliphatic carbocycles. The molecule has 1 aliphatic heterocycles. The number of rotatable bonds is 1. The van der Waals surface area contributed by atoms with Gasteiger partial charge in [0.15, 0.2) is 0 Å². The van der Waals surface area contributed by atoms with Crippen molar-refractivity contribution in [2.24, 2.45) is 4.99 Å². The van der Waals surface area contributed by atoms with Crippen LogP contribution >= 0.6 is 11.3 Å². The van der Waals surface area contributed by atoms with E-state index in [1.165, 1.54) is 10.4 Å². The Kier molecular flexibility index (Phi) is 1.91. The number of aryl methyl sites for hydroxylation is 1. The molecule has 70 valence electrons. The van der Waals surface area contributed by atoms with Crippen LogP contribution < -0.4 is 0 Å². The molecule has 0 unspecified atom stereocenters. The molecule has 1 aliphatic rings. The zero-order valence-corrected chi connectivity index (χ0v) is 8.94. The third kappa shape index (κ3) is 1.61. The predicted molar refractivity (Wildman–Crippen MR) is 55.6 cm³/mol. The van der Waals surface area contributed by atoms with Crippen LogP contribution in [0, 0.1) is 6.92 Å². The van der Waals surface area contributed by atoms with Crippen LogP contribution in [0.15, 0.2) is 16.4 Å². The molecule has 0 N–H and O–H groups in total. The van der Waals surface area contributed by atoms with Gasteiger partial charge in [-0.05, 0) is 37.8 Å². The average Bonchev–Trinajstić information content (AvgIpc) is 2.56.